The zero-order valence-electron chi connectivity index (χ0n) is 45.1. The van der Waals surface area contributed by atoms with Gasteiger partial charge in [-0.1, -0.05) is 83.9 Å². The molecule has 1 aromatic carbocycles. The minimum absolute atomic E-state index is 0.00666. The van der Waals surface area contributed by atoms with Crippen LogP contribution in [0, 0.1) is 22.8 Å². The summed E-state index contributed by atoms with van der Waals surface area (Å²) in [5.74, 6) is -2.45. The number of rotatable bonds is 37. The zero-order chi connectivity index (χ0) is 55.0. The Hall–Kier alpha value is -2.77. The lowest BCUT2D eigenvalue weighted by atomic mass is 9.58. The summed E-state index contributed by atoms with van der Waals surface area (Å²) >= 11 is 6.98. The number of esters is 2. The number of unbranched alkanes of at least 4 members (excludes halogenated alkanes) is 2. The standard InChI is InChI=1S/C51H84N5O12PS4/c1-12-13-29-56(10,11)30-19-27-54-45(60)50(4,51(5,52-6)26-24-43(58)59)38-48(2,46(61)65-32-28-53-42(57)23-18-17-22-41-25-36-72-73-41)37-49(3,39-71-44(70)40-20-15-14-16-21-40)47(62)66-34-35-68-69(63,64)67-33-31-55(7,8)9/h14-16,20-21,41H,12-13,17-19,22-39H2,1-5,7-11H3,(H2-2,53,54,57,58,59,60,63,64)/p+2. The fraction of sp³-hybridized carbons (Fsp3) is 0.745. The van der Waals surface area contributed by atoms with Crippen LogP contribution in [0.3, 0.4) is 0 Å². The van der Waals surface area contributed by atoms with Gasteiger partial charge in [0.25, 0.3) is 0 Å². The van der Waals surface area contributed by atoms with Crippen molar-refractivity contribution in [2.45, 2.75) is 122 Å². The Bertz CT molecular complexity index is 2040. The quantitative estimate of drug-likeness (QED) is 0.00936. The van der Waals surface area contributed by atoms with Crippen molar-refractivity contribution in [2.75, 3.05) is 106 Å². The summed E-state index contributed by atoms with van der Waals surface area (Å²) in [6.45, 7) is 17.9. The molecule has 0 saturated carbocycles. The third-order valence-corrected chi connectivity index (χ3v) is 19.2. The zero-order valence-corrected chi connectivity index (χ0v) is 49.3. The van der Waals surface area contributed by atoms with Crippen molar-refractivity contribution in [3.63, 3.8) is 0 Å². The highest BCUT2D eigenvalue weighted by atomic mass is 33.1. The summed E-state index contributed by atoms with van der Waals surface area (Å²) in [5, 5.41) is 16.3. The predicted molar refractivity (Wildman–Crippen MR) is 297 cm³/mol. The van der Waals surface area contributed by atoms with Gasteiger partial charge < -0.3 is 43.9 Å². The Balaban J connectivity index is 2.58. The van der Waals surface area contributed by atoms with Gasteiger partial charge >= 0.3 is 25.7 Å². The summed E-state index contributed by atoms with van der Waals surface area (Å²) in [7, 11) is 9.20. The van der Waals surface area contributed by atoms with Crippen molar-refractivity contribution in [3.05, 3.63) is 47.3 Å². The van der Waals surface area contributed by atoms with Crippen molar-refractivity contribution in [3.8, 4) is 0 Å². The molecule has 2 amide bonds. The van der Waals surface area contributed by atoms with Gasteiger partial charge in [0.1, 0.15) is 31.8 Å². The Labute approximate surface area is 453 Å². The van der Waals surface area contributed by atoms with Crippen LogP contribution in [0.5, 0.6) is 0 Å². The van der Waals surface area contributed by atoms with E-state index in [1.165, 1.54) is 25.1 Å². The number of phosphoric acid groups is 1. The average molecular weight is 1120 g/mol. The van der Waals surface area contributed by atoms with E-state index in [0.29, 0.717) is 33.3 Å². The maximum atomic E-state index is 14.9. The highest BCUT2D eigenvalue weighted by Gasteiger charge is 2.61. The van der Waals surface area contributed by atoms with Crippen LogP contribution < -0.4 is 10.6 Å². The number of thioether (sulfide) groups is 1. The molecule has 73 heavy (non-hydrogen) atoms. The Kier molecular flexibility index (Phi) is 28.6. The van der Waals surface area contributed by atoms with Crippen LogP contribution in [0.25, 0.3) is 4.85 Å². The normalized spacial score (nSPS) is 18.1. The summed E-state index contributed by atoms with van der Waals surface area (Å²) in [6.07, 6.45) is 5.50. The molecule has 22 heteroatoms. The van der Waals surface area contributed by atoms with E-state index in [1.807, 2.05) is 73.1 Å². The first-order valence-electron chi connectivity index (χ1n) is 25.3. The van der Waals surface area contributed by atoms with Gasteiger partial charge in [0.2, 0.25) is 17.4 Å². The highest BCUT2D eigenvalue weighted by Crippen LogP contribution is 2.52. The number of nitrogens with zero attached hydrogens (tertiary/aromatic N) is 3. The SMILES string of the molecule is [C-]#[N+]C(C)(CCC(=O)O)C(C)(CC(C)(CC(C)(CSC(=S)c1ccccc1)C(=O)OCCOP(=O)(O)OCC[N+](C)(C)C)C(=O)OCCNC(=O)CCCCC1CCSS1)C(=O)NCCC[N+](C)(C)CCCC. The van der Waals surface area contributed by atoms with E-state index < -0.39 is 73.1 Å². The van der Waals surface area contributed by atoms with Crippen molar-refractivity contribution in [2.24, 2.45) is 16.2 Å². The van der Waals surface area contributed by atoms with E-state index in [4.69, 9.17) is 37.3 Å². The Morgan fingerprint density at radius 2 is 1.49 bits per heavy atom. The van der Waals surface area contributed by atoms with Crippen LogP contribution in [0.15, 0.2) is 30.3 Å². The van der Waals surface area contributed by atoms with Gasteiger partial charge in [-0.25, -0.2) is 11.1 Å². The number of nitrogens with one attached hydrogen (secondary N) is 2. The van der Waals surface area contributed by atoms with E-state index in [9.17, 15) is 38.5 Å². The number of thiocarbonyl (C=S) groups is 1. The minimum atomic E-state index is -4.52. The smallest absolute Gasteiger partial charge is 0.472 e. The number of carbonyl (C=O) groups is 5. The molecule has 1 saturated heterocycles. The second-order valence-electron chi connectivity index (χ2n) is 21.7. The van der Waals surface area contributed by atoms with Crippen LogP contribution in [0.1, 0.15) is 117 Å². The number of carboxylic acid groups (broad SMARTS) is 1. The average Bonchev–Trinajstić information content (AvgIpc) is 3.85. The van der Waals surface area contributed by atoms with Gasteiger partial charge in [0.15, 0.2) is 0 Å². The van der Waals surface area contributed by atoms with E-state index in [2.05, 4.69) is 36.5 Å². The number of carbonyl (C=O) groups excluding carboxylic acids is 4. The van der Waals surface area contributed by atoms with Crippen LogP contribution in [-0.4, -0.2) is 170 Å². The fourth-order valence-electron chi connectivity index (χ4n) is 8.58. The Morgan fingerprint density at radius 1 is 0.849 bits per heavy atom. The molecule has 6 atom stereocenters. The van der Waals surface area contributed by atoms with Gasteiger partial charge in [-0.15, -0.1) is 11.8 Å². The summed E-state index contributed by atoms with van der Waals surface area (Å²) in [4.78, 5) is 83.6. The lowest BCUT2D eigenvalue weighted by Crippen LogP contribution is -2.56. The Morgan fingerprint density at radius 3 is 2.11 bits per heavy atom. The third kappa shape index (κ3) is 24.4. The van der Waals surface area contributed by atoms with Crippen molar-refractivity contribution < 1.29 is 66.0 Å². The first-order valence-corrected chi connectivity index (χ1v) is 30.6. The summed E-state index contributed by atoms with van der Waals surface area (Å²) in [6, 6.07) is 9.14. The molecule has 0 radical (unpaired) electrons. The van der Waals surface area contributed by atoms with Crippen molar-refractivity contribution in [1.82, 2.24) is 10.6 Å². The molecule has 1 fully saturated rings. The van der Waals surface area contributed by atoms with Crippen LogP contribution in [0.2, 0.25) is 0 Å². The fourth-order valence-corrected chi connectivity index (χ4v) is 13.6. The summed E-state index contributed by atoms with van der Waals surface area (Å²) < 4.78 is 36.3. The van der Waals surface area contributed by atoms with E-state index in [0.717, 1.165) is 61.0 Å². The molecule has 17 nitrogen and oxygen atoms in total. The van der Waals surface area contributed by atoms with E-state index in [-0.39, 0.29) is 57.2 Å². The number of phosphoric ester groups is 1. The number of hydrogen-bond acceptors (Lipinski definition) is 14. The lowest BCUT2D eigenvalue weighted by Gasteiger charge is -2.44. The van der Waals surface area contributed by atoms with Crippen LogP contribution >= 0.6 is 53.4 Å². The van der Waals surface area contributed by atoms with Crippen molar-refractivity contribution >= 4 is 87.3 Å². The number of aliphatic carboxylic acids is 1. The molecule has 1 aliphatic rings. The van der Waals surface area contributed by atoms with Gasteiger partial charge in [0, 0.05) is 49.5 Å². The maximum absolute atomic E-state index is 14.9. The van der Waals surface area contributed by atoms with Crippen molar-refractivity contribution in [1.29, 1.82) is 0 Å². The van der Waals surface area contributed by atoms with Crippen LogP contribution in [-0.2, 0) is 47.1 Å². The predicted octanol–water partition coefficient (Wildman–Crippen LogP) is 8.58. The number of ether oxygens (including phenoxy) is 2. The molecule has 0 aliphatic carbocycles. The number of amides is 2. The van der Waals surface area contributed by atoms with Crippen LogP contribution in [0.4, 0.5) is 0 Å². The molecule has 1 aliphatic heterocycles. The van der Waals surface area contributed by atoms with Gasteiger partial charge in [-0.3, -0.25) is 33.0 Å². The van der Waals surface area contributed by atoms with Gasteiger partial charge in [0.05, 0.1) is 82.9 Å². The number of hydrogen-bond donors (Lipinski definition) is 4. The molecule has 6 unspecified atom stereocenters. The molecule has 1 aromatic rings. The molecular formula is C51H86N5O12PS4+2. The van der Waals surface area contributed by atoms with Gasteiger partial charge in [-0.05, 0) is 64.9 Å². The number of likely N-dealkylation sites (N-methyl/N-ethyl adjacent to an activating group) is 1. The van der Waals surface area contributed by atoms with E-state index in [1.54, 1.807) is 20.8 Å². The first kappa shape index (κ1) is 66.3. The number of quaternary nitrogens is 2. The molecule has 4 N–H and O–H groups in total. The number of carboxylic acids is 1. The second-order valence-corrected chi connectivity index (χ2v) is 27.6. The van der Waals surface area contributed by atoms with Gasteiger partial charge in [-0.2, -0.15) is 0 Å². The maximum Gasteiger partial charge on any atom is 0.472 e. The molecule has 0 spiro atoms. The lowest BCUT2D eigenvalue weighted by molar-refractivity contribution is -0.890. The highest BCUT2D eigenvalue weighted by molar-refractivity contribution is 8.77. The third-order valence-electron chi connectivity index (χ3n) is 13.3. The first-order chi connectivity index (χ1) is 34.0. The number of benzene rings is 1. The summed E-state index contributed by atoms with van der Waals surface area (Å²) in [5.41, 5.74) is -6.08. The molecule has 2 rings (SSSR count). The monoisotopic (exact) mass is 1120 g/mol. The largest absolute Gasteiger partial charge is 0.481 e. The molecule has 0 aromatic heterocycles. The molecule has 414 valence electrons. The molecular weight excluding hydrogens is 1030 g/mol. The second kappa shape index (κ2) is 31.5. The van der Waals surface area contributed by atoms with E-state index >= 15 is 0 Å². The molecule has 0 bridgehead atoms. The topological polar surface area (TPSA) is 208 Å². The minimum Gasteiger partial charge on any atom is -0.481 e. The molecule has 1 heterocycles.